The summed E-state index contributed by atoms with van der Waals surface area (Å²) in [6.07, 6.45) is 0.278. The molecule has 1 atom stereocenters. The normalized spacial score (nSPS) is 12.3. The van der Waals surface area contributed by atoms with Crippen LogP contribution in [0.15, 0.2) is 18.2 Å². The molecule has 0 heterocycles. The van der Waals surface area contributed by atoms with Crippen molar-refractivity contribution >= 4 is 11.6 Å². The molecule has 104 valence electrons. The number of carbonyl (C=O) groups excluding carboxylic acids is 1. The highest BCUT2D eigenvalue weighted by atomic mass is 19.1. The third-order valence-corrected chi connectivity index (χ3v) is 2.83. The molecule has 0 aromatic heterocycles. The summed E-state index contributed by atoms with van der Waals surface area (Å²) in [7, 11) is 0. The van der Waals surface area contributed by atoms with Gasteiger partial charge in [-0.1, -0.05) is 20.8 Å². The van der Waals surface area contributed by atoms with Crippen LogP contribution in [0.3, 0.4) is 0 Å². The zero-order valence-corrected chi connectivity index (χ0v) is 11.1. The molecule has 0 saturated heterocycles. The van der Waals surface area contributed by atoms with Crippen molar-refractivity contribution in [3.8, 4) is 0 Å². The Morgan fingerprint density at radius 3 is 2.58 bits per heavy atom. The Labute approximate surface area is 111 Å². The lowest BCUT2D eigenvalue weighted by Gasteiger charge is -2.23. The molecule has 0 bridgehead atoms. The van der Waals surface area contributed by atoms with Crippen molar-refractivity contribution in [3.05, 3.63) is 39.7 Å². The van der Waals surface area contributed by atoms with Gasteiger partial charge >= 0.3 is 0 Å². The molecule has 5 nitrogen and oxygen atoms in total. The fraction of sp³-hybridized carbons (Fsp3) is 0.462. The van der Waals surface area contributed by atoms with E-state index in [0.29, 0.717) is 0 Å². The van der Waals surface area contributed by atoms with Gasteiger partial charge in [0.05, 0.1) is 11.0 Å². The molecule has 1 unspecified atom stereocenters. The summed E-state index contributed by atoms with van der Waals surface area (Å²) in [6, 6.07) is 2.77. The number of halogens is 1. The second kappa shape index (κ2) is 6.26. The molecule has 19 heavy (non-hydrogen) atoms. The van der Waals surface area contributed by atoms with Crippen molar-refractivity contribution in [2.45, 2.75) is 33.2 Å². The third kappa shape index (κ3) is 3.74. The highest BCUT2D eigenvalue weighted by molar-refractivity contribution is 5.76. The molecule has 1 aromatic carbocycles. The van der Waals surface area contributed by atoms with Crippen LogP contribution in [0.2, 0.25) is 0 Å². The van der Waals surface area contributed by atoms with Gasteiger partial charge in [0, 0.05) is 24.1 Å². The third-order valence-electron chi connectivity index (χ3n) is 2.83. The van der Waals surface area contributed by atoms with Crippen molar-refractivity contribution in [2.24, 2.45) is 5.92 Å². The van der Waals surface area contributed by atoms with E-state index in [0.717, 1.165) is 12.1 Å². The molecular weight excluding hydrogens is 251 g/mol. The van der Waals surface area contributed by atoms with E-state index in [9.17, 15) is 19.3 Å². The first kappa shape index (κ1) is 15.1. The molecule has 0 aliphatic rings. The van der Waals surface area contributed by atoms with E-state index in [4.69, 9.17) is 0 Å². The maximum Gasteiger partial charge on any atom is 0.269 e. The van der Waals surface area contributed by atoms with Crippen molar-refractivity contribution in [2.75, 3.05) is 0 Å². The van der Waals surface area contributed by atoms with E-state index in [2.05, 4.69) is 5.32 Å². The predicted octanol–water partition coefficient (Wildman–Crippen LogP) is 2.96. The molecule has 1 aromatic rings. The lowest BCUT2D eigenvalue weighted by molar-refractivity contribution is -0.385. The first-order valence-electron chi connectivity index (χ1n) is 6.10. The fourth-order valence-electron chi connectivity index (χ4n) is 1.76. The van der Waals surface area contributed by atoms with Gasteiger partial charge < -0.3 is 5.32 Å². The van der Waals surface area contributed by atoms with E-state index >= 15 is 0 Å². The Morgan fingerprint density at radius 2 is 2.11 bits per heavy atom. The molecule has 0 spiro atoms. The highest BCUT2D eigenvalue weighted by Gasteiger charge is 2.23. The Hall–Kier alpha value is -1.98. The molecular formula is C13H17FN2O3. The van der Waals surface area contributed by atoms with Crippen LogP contribution < -0.4 is 5.32 Å². The SMILES string of the molecule is CCC(=O)NC(c1cc([N+](=O)[O-])ccc1F)C(C)C. The van der Waals surface area contributed by atoms with Crippen LogP contribution in [0.1, 0.15) is 38.8 Å². The predicted molar refractivity (Wildman–Crippen MR) is 69.1 cm³/mol. The zero-order chi connectivity index (χ0) is 14.6. The second-order valence-corrected chi connectivity index (χ2v) is 4.61. The standard InChI is InChI=1S/C13H17FN2O3/c1-4-12(17)15-13(8(2)3)10-7-9(16(18)19)5-6-11(10)14/h5-8,13H,4H2,1-3H3,(H,15,17). The van der Waals surface area contributed by atoms with Crippen LogP contribution in [0, 0.1) is 21.8 Å². The minimum Gasteiger partial charge on any atom is -0.349 e. The largest absolute Gasteiger partial charge is 0.349 e. The highest BCUT2D eigenvalue weighted by Crippen LogP contribution is 2.27. The van der Waals surface area contributed by atoms with Crippen LogP contribution in [0.5, 0.6) is 0 Å². The molecule has 1 amide bonds. The number of amides is 1. The number of benzene rings is 1. The topological polar surface area (TPSA) is 72.2 Å². The number of nitro groups is 1. The minimum absolute atomic E-state index is 0.0768. The summed E-state index contributed by atoms with van der Waals surface area (Å²) in [5, 5.41) is 13.4. The number of rotatable bonds is 5. The monoisotopic (exact) mass is 268 g/mol. The number of non-ortho nitro benzene ring substituents is 1. The average molecular weight is 268 g/mol. The van der Waals surface area contributed by atoms with Crippen LogP contribution in [0.4, 0.5) is 10.1 Å². The van der Waals surface area contributed by atoms with Crippen molar-refractivity contribution < 1.29 is 14.1 Å². The van der Waals surface area contributed by atoms with Gasteiger partial charge in [0.15, 0.2) is 0 Å². The van der Waals surface area contributed by atoms with E-state index in [1.165, 1.54) is 6.07 Å². The van der Waals surface area contributed by atoms with E-state index in [1.807, 2.05) is 13.8 Å². The lowest BCUT2D eigenvalue weighted by atomic mass is 9.95. The van der Waals surface area contributed by atoms with Gasteiger partial charge in [0.2, 0.25) is 5.91 Å². The van der Waals surface area contributed by atoms with Gasteiger partial charge in [-0.15, -0.1) is 0 Å². The summed E-state index contributed by atoms with van der Waals surface area (Å²) >= 11 is 0. The van der Waals surface area contributed by atoms with Crippen molar-refractivity contribution in [1.82, 2.24) is 5.32 Å². The fourth-order valence-corrected chi connectivity index (χ4v) is 1.76. The van der Waals surface area contributed by atoms with Crippen molar-refractivity contribution in [3.63, 3.8) is 0 Å². The molecule has 1 rings (SSSR count). The molecule has 0 saturated carbocycles. The zero-order valence-electron chi connectivity index (χ0n) is 11.1. The molecule has 0 aliphatic carbocycles. The van der Waals surface area contributed by atoms with Crippen LogP contribution in [-0.4, -0.2) is 10.8 Å². The molecule has 0 aliphatic heterocycles. The summed E-state index contributed by atoms with van der Waals surface area (Å²) in [5.41, 5.74) is -0.0428. The molecule has 1 N–H and O–H groups in total. The Bertz CT molecular complexity index is 489. The maximum absolute atomic E-state index is 13.8. The summed E-state index contributed by atoms with van der Waals surface area (Å²) < 4.78 is 13.8. The molecule has 0 fully saturated rings. The van der Waals surface area contributed by atoms with Gasteiger partial charge in [0.1, 0.15) is 5.82 Å². The Morgan fingerprint density at radius 1 is 1.47 bits per heavy atom. The van der Waals surface area contributed by atoms with Gasteiger partial charge in [-0.2, -0.15) is 0 Å². The average Bonchev–Trinajstić information content (AvgIpc) is 2.35. The first-order chi connectivity index (χ1) is 8.86. The smallest absolute Gasteiger partial charge is 0.269 e. The lowest BCUT2D eigenvalue weighted by Crippen LogP contribution is -2.31. The van der Waals surface area contributed by atoms with Gasteiger partial charge in [0.25, 0.3) is 5.69 Å². The molecule has 6 heteroatoms. The quantitative estimate of drug-likeness (QED) is 0.659. The number of nitro benzene ring substituents is 1. The minimum atomic E-state index is -0.581. The number of hydrogen-bond donors (Lipinski definition) is 1. The maximum atomic E-state index is 13.8. The van der Waals surface area contributed by atoms with Gasteiger partial charge in [-0.25, -0.2) is 4.39 Å². The van der Waals surface area contributed by atoms with Crippen LogP contribution in [-0.2, 0) is 4.79 Å². The number of nitrogens with zero attached hydrogens (tertiary/aromatic N) is 1. The van der Waals surface area contributed by atoms with Gasteiger partial charge in [-0.05, 0) is 12.0 Å². The molecule has 0 radical (unpaired) electrons. The van der Waals surface area contributed by atoms with Crippen LogP contribution in [0.25, 0.3) is 0 Å². The van der Waals surface area contributed by atoms with Gasteiger partial charge in [-0.3, -0.25) is 14.9 Å². The van der Waals surface area contributed by atoms with Crippen molar-refractivity contribution in [1.29, 1.82) is 0 Å². The summed E-state index contributed by atoms with van der Waals surface area (Å²) in [6.45, 7) is 5.33. The van der Waals surface area contributed by atoms with E-state index in [1.54, 1.807) is 6.92 Å². The first-order valence-corrected chi connectivity index (χ1v) is 6.10. The van der Waals surface area contributed by atoms with E-state index < -0.39 is 16.8 Å². The Balaban J connectivity index is 3.17. The number of hydrogen-bond acceptors (Lipinski definition) is 3. The Kier molecular flexibility index (Phi) is 4.97. The van der Waals surface area contributed by atoms with Crippen LogP contribution >= 0.6 is 0 Å². The second-order valence-electron chi connectivity index (χ2n) is 4.61. The van der Waals surface area contributed by atoms with E-state index in [-0.39, 0.29) is 29.5 Å². The summed E-state index contributed by atoms with van der Waals surface area (Å²) in [4.78, 5) is 21.6. The number of carbonyl (C=O) groups is 1. The number of nitrogens with one attached hydrogen (secondary N) is 1. The summed E-state index contributed by atoms with van der Waals surface area (Å²) in [5.74, 6) is -0.850.